The molecule has 0 heterocycles. The van der Waals surface area contributed by atoms with Gasteiger partial charge in [-0.05, 0) is 42.3 Å². The van der Waals surface area contributed by atoms with Crippen LogP contribution < -0.4 is 5.32 Å². The average molecular weight is 336 g/mol. The molecule has 0 aliphatic carbocycles. The fraction of sp³-hybridized carbons (Fsp3) is 0.118. The van der Waals surface area contributed by atoms with Gasteiger partial charge in [-0.1, -0.05) is 41.3 Å². The predicted molar refractivity (Wildman–Crippen MR) is 86.5 cm³/mol. The van der Waals surface area contributed by atoms with Crippen LogP contribution in [0.1, 0.15) is 11.1 Å². The third kappa shape index (κ3) is 5.40. The molecule has 0 bridgehead atoms. The summed E-state index contributed by atoms with van der Waals surface area (Å²) in [6, 6.07) is 11.0. The molecule has 1 N–H and O–H groups in total. The molecule has 5 heteroatoms. The molecule has 0 aliphatic heterocycles. The summed E-state index contributed by atoms with van der Waals surface area (Å²) >= 11 is 11.7. The van der Waals surface area contributed by atoms with Crippen LogP contribution in [0.25, 0.3) is 0 Å². The third-order valence-electron chi connectivity index (χ3n) is 2.80. The Morgan fingerprint density at radius 3 is 2.36 bits per heavy atom. The minimum absolute atomic E-state index is 0.279. The van der Waals surface area contributed by atoms with E-state index in [1.807, 2.05) is 0 Å². The molecular formula is C17H12Cl2FNO. The molecule has 0 aromatic heterocycles. The molecule has 0 radical (unpaired) electrons. The maximum Gasteiger partial charge on any atom is 0.296 e. The first-order valence-corrected chi connectivity index (χ1v) is 7.29. The summed E-state index contributed by atoms with van der Waals surface area (Å²) in [4.78, 5) is 11.6. The van der Waals surface area contributed by atoms with Crippen LogP contribution in [0, 0.1) is 17.7 Å². The molecule has 0 saturated carbocycles. The molecule has 22 heavy (non-hydrogen) atoms. The molecule has 0 saturated heterocycles. The van der Waals surface area contributed by atoms with E-state index in [0.717, 1.165) is 5.56 Å². The Morgan fingerprint density at radius 2 is 1.73 bits per heavy atom. The number of amides is 1. The first-order chi connectivity index (χ1) is 10.5. The quantitative estimate of drug-likeness (QED) is 0.848. The fourth-order valence-corrected chi connectivity index (χ4v) is 2.30. The summed E-state index contributed by atoms with van der Waals surface area (Å²) in [5, 5.41) is 3.61. The smallest absolute Gasteiger partial charge is 0.296 e. The lowest BCUT2D eigenvalue weighted by atomic mass is 10.1. The maximum absolute atomic E-state index is 12.7. The zero-order chi connectivity index (χ0) is 15.9. The monoisotopic (exact) mass is 335 g/mol. The number of rotatable bonds is 3. The van der Waals surface area contributed by atoms with Crippen molar-refractivity contribution in [3.05, 3.63) is 69.5 Å². The van der Waals surface area contributed by atoms with Crippen molar-refractivity contribution in [3.8, 4) is 11.8 Å². The minimum atomic E-state index is -0.391. The van der Waals surface area contributed by atoms with E-state index in [1.54, 1.807) is 30.3 Å². The van der Waals surface area contributed by atoms with Crippen LogP contribution in [0.15, 0.2) is 42.5 Å². The van der Waals surface area contributed by atoms with Crippen molar-refractivity contribution in [1.82, 2.24) is 5.32 Å². The predicted octanol–water partition coefficient (Wildman–Crippen LogP) is 3.84. The molecule has 112 valence electrons. The van der Waals surface area contributed by atoms with Gasteiger partial charge in [-0.3, -0.25) is 4.79 Å². The second-order valence-electron chi connectivity index (χ2n) is 4.54. The molecular weight excluding hydrogens is 324 g/mol. The van der Waals surface area contributed by atoms with Crippen molar-refractivity contribution in [2.75, 3.05) is 6.54 Å². The molecule has 1 amide bonds. The van der Waals surface area contributed by atoms with Gasteiger partial charge in [0.05, 0.1) is 0 Å². The van der Waals surface area contributed by atoms with Gasteiger partial charge < -0.3 is 5.32 Å². The molecule has 2 aromatic carbocycles. The van der Waals surface area contributed by atoms with E-state index in [0.29, 0.717) is 28.6 Å². The number of benzene rings is 2. The molecule has 0 spiro atoms. The van der Waals surface area contributed by atoms with Crippen molar-refractivity contribution in [1.29, 1.82) is 0 Å². The topological polar surface area (TPSA) is 29.1 Å². The Labute approximate surface area is 138 Å². The summed E-state index contributed by atoms with van der Waals surface area (Å²) in [7, 11) is 0. The molecule has 0 atom stereocenters. The first-order valence-electron chi connectivity index (χ1n) is 6.53. The Bertz CT molecular complexity index is 712. The Morgan fingerprint density at radius 1 is 1.09 bits per heavy atom. The van der Waals surface area contributed by atoms with E-state index < -0.39 is 5.91 Å². The van der Waals surface area contributed by atoms with E-state index in [9.17, 15) is 9.18 Å². The summed E-state index contributed by atoms with van der Waals surface area (Å²) in [5.74, 6) is 4.50. The van der Waals surface area contributed by atoms with Gasteiger partial charge in [0.15, 0.2) is 0 Å². The number of carbonyl (C=O) groups is 1. The second-order valence-corrected chi connectivity index (χ2v) is 5.41. The number of carbonyl (C=O) groups excluding carboxylic acids is 1. The van der Waals surface area contributed by atoms with E-state index in [1.165, 1.54) is 12.1 Å². The molecule has 0 fully saturated rings. The second kappa shape index (κ2) is 7.84. The zero-order valence-corrected chi connectivity index (χ0v) is 13.0. The van der Waals surface area contributed by atoms with Crippen LogP contribution in [0.4, 0.5) is 4.39 Å². The van der Waals surface area contributed by atoms with E-state index in [2.05, 4.69) is 17.2 Å². The highest BCUT2D eigenvalue weighted by Crippen LogP contribution is 2.18. The molecule has 2 rings (SSSR count). The van der Waals surface area contributed by atoms with Gasteiger partial charge in [0.2, 0.25) is 0 Å². The average Bonchev–Trinajstić information content (AvgIpc) is 2.46. The lowest BCUT2D eigenvalue weighted by Crippen LogP contribution is -2.23. The SMILES string of the molecule is O=C(C#Cc1cc(Cl)cc(Cl)c1)NCCc1ccc(F)cc1. The lowest BCUT2D eigenvalue weighted by Gasteiger charge is -2.01. The van der Waals surface area contributed by atoms with Crippen molar-refractivity contribution in [2.24, 2.45) is 0 Å². The summed E-state index contributed by atoms with van der Waals surface area (Å²) in [6.45, 7) is 0.426. The van der Waals surface area contributed by atoms with Crippen LogP contribution in [0.3, 0.4) is 0 Å². The fourth-order valence-electron chi connectivity index (χ4n) is 1.77. The van der Waals surface area contributed by atoms with E-state index >= 15 is 0 Å². The van der Waals surface area contributed by atoms with Crippen LogP contribution in [0.5, 0.6) is 0 Å². The van der Waals surface area contributed by atoms with Gasteiger partial charge >= 0.3 is 0 Å². The highest BCUT2D eigenvalue weighted by Gasteiger charge is 1.98. The van der Waals surface area contributed by atoms with Gasteiger partial charge in [0, 0.05) is 28.1 Å². The highest BCUT2D eigenvalue weighted by atomic mass is 35.5. The van der Waals surface area contributed by atoms with Crippen LogP contribution in [-0.4, -0.2) is 12.5 Å². The standard InChI is InChI=1S/C17H12Cl2FNO/c18-14-9-13(10-15(19)11-14)3-6-17(22)21-8-7-12-1-4-16(20)5-2-12/h1-2,4-5,9-11H,7-8H2,(H,21,22). The number of hydrogen-bond acceptors (Lipinski definition) is 1. The molecule has 0 aliphatic rings. The maximum atomic E-state index is 12.7. The molecule has 2 aromatic rings. The number of hydrogen-bond donors (Lipinski definition) is 1. The van der Waals surface area contributed by atoms with Gasteiger partial charge in [0.25, 0.3) is 5.91 Å². The third-order valence-corrected chi connectivity index (χ3v) is 3.23. The minimum Gasteiger partial charge on any atom is -0.345 e. The van der Waals surface area contributed by atoms with E-state index in [4.69, 9.17) is 23.2 Å². The lowest BCUT2D eigenvalue weighted by molar-refractivity contribution is -0.115. The van der Waals surface area contributed by atoms with Gasteiger partial charge in [-0.15, -0.1) is 0 Å². The van der Waals surface area contributed by atoms with Crippen molar-refractivity contribution in [3.63, 3.8) is 0 Å². The van der Waals surface area contributed by atoms with Crippen molar-refractivity contribution >= 4 is 29.1 Å². The van der Waals surface area contributed by atoms with Crippen LogP contribution in [0.2, 0.25) is 10.0 Å². The van der Waals surface area contributed by atoms with Crippen molar-refractivity contribution < 1.29 is 9.18 Å². The van der Waals surface area contributed by atoms with Crippen LogP contribution >= 0.6 is 23.2 Å². The van der Waals surface area contributed by atoms with Gasteiger partial charge in [-0.25, -0.2) is 4.39 Å². The summed E-state index contributed by atoms with van der Waals surface area (Å²) in [6.07, 6.45) is 0.608. The van der Waals surface area contributed by atoms with Crippen LogP contribution in [-0.2, 0) is 11.2 Å². The number of nitrogens with one attached hydrogen (secondary N) is 1. The van der Waals surface area contributed by atoms with Crippen molar-refractivity contribution in [2.45, 2.75) is 6.42 Å². The Balaban J connectivity index is 1.85. The normalized spacial score (nSPS) is 9.77. The first kappa shape index (κ1) is 16.4. The summed E-state index contributed by atoms with van der Waals surface area (Å²) < 4.78 is 12.7. The number of halogens is 3. The Hall–Kier alpha value is -2.02. The zero-order valence-electron chi connectivity index (χ0n) is 11.5. The van der Waals surface area contributed by atoms with Gasteiger partial charge in [0.1, 0.15) is 5.82 Å². The van der Waals surface area contributed by atoms with E-state index in [-0.39, 0.29) is 5.82 Å². The molecule has 0 unspecified atom stereocenters. The Kier molecular flexibility index (Phi) is 5.83. The highest BCUT2D eigenvalue weighted by molar-refractivity contribution is 6.34. The van der Waals surface area contributed by atoms with Gasteiger partial charge in [-0.2, -0.15) is 0 Å². The largest absolute Gasteiger partial charge is 0.345 e. The summed E-state index contributed by atoms with van der Waals surface area (Å²) in [5.41, 5.74) is 1.52. The molecule has 2 nitrogen and oxygen atoms in total.